The zero-order valence-electron chi connectivity index (χ0n) is 10.7. The van der Waals surface area contributed by atoms with Crippen molar-refractivity contribution >= 4 is 17.3 Å². The summed E-state index contributed by atoms with van der Waals surface area (Å²) in [5.41, 5.74) is 7.99. The number of nitrogen functional groups attached to an aromatic ring is 1. The van der Waals surface area contributed by atoms with Gasteiger partial charge in [0.25, 0.3) is 0 Å². The van der Waals surface area contributed by atoms with E-state index in [1.807, 2.05) is 13.0 Å². The smallest absolute Gasteiger partial charge is 0.250 e. The van der Waals surface area contributed by atoms with Crippen LogP contribution in [0.4, 0.5) is 11.4 Å². The summed E-state index contributed by atoms with van der Waals surface area (Å²) in [5, 5.41) is 2.70. The second-order valence-electron chi connectivity index (χ2n) is 4.21. The van der Waals surface area contributed by atoms with Crippen LogP contribution in [-0.4, -0.2) is 12.5 Å². The van der Waals surface area contributed by atoms with Crippen molar-refractivity contribution in [3.63, 3.8) is 0 Å². The molecule has 1 amide bonds. The van der Waals surface area contributed by atoms with Gasteiger partial charge in [0, 0.05) is 0 Å². The molecule has 0 bridgehead atoms. The highest BCUT2D eigenvalue weighted by atomic mass is 16.5. The first kappa shape index (κ1) is 13.2. The Kier molecular flexibility index (Phi) is 4.20. The molecule has 19 heavy (non-hydrogen) atoms. The number of hydrogen-bond acceptors (Lipinski definition) is 4. The van der Waals surface area contributed by atoms with Crippen molar-refractivity contribution in [1.29, 1.82) is 0 Å². The number of carbonyl (C=O) groups is 1. The summed E-state index contributed by atoms with van der Waals surface area (Å²) in [7, 11) is 0. The molecule has 5 nitrogen and oxygen atoms in total. The van der Waals surface area contributed by atoms with Crippen LogP contribution in [0.2, 0.25) is 0 Å². The number of aryl methyl sites for hydroxylation is 1. The van der Waals surface area contributed by atoms with Crippen LogP contribution >= 0.6 is 0 Å². The van der Waals surface area contributed by atoms with Crippen molar-refractivity contribution < 1.29 is 13.9 Å². The molecule has 1 aromatic carbocycles. The number of furan rings is 1. The molecule has 0 fully saturated rings. The first-order chi connectivity index (χ1) is 9.15. The average Bonchev–Trinajstić information content (AvgIpc) is 2.86. The minimum atomic E-state index is -0.248. The fraction of sp³-hybridized carbons (Fsp3) is 0.214. The lowest BCUT2D eigenvalue weighted by Gasteiger charge is -2.08. The number of rotatable bonds is 5. The minimum Gasteiger partial charge on any atom is -0.467 e. The maximum atomic E-state index is 11.7. The zero-order valence-corrected chi connectivity index (χ0v) is 10.7. The molecule has 0 aliphatic carbocycles. The number of nitrogens with two attached hydrogens (primary N) is 1. The molecule has 3 N–H and O–H groups in total. The summed E-state index contributed by atoms with van der Waals surface area (Å²) in [5.74, 6) is 0.435. The SMILES string of the molecule is Cc1ccc(NC(=O)COCc2ccco2)c(N)c1. The van der Waals surface area contributed by atoms with Gasteiger partial charge in [0.05, 0.1) is 17.6 Å². The van der Waals surface area contributed by atoms with Crippen molar-refractivity contribution in [2.75, 3.05) is 17.7 Å². The summed E-state index contributed by atoms with van der Waals surface area (Å²) >= 11 is 0. The van der Waals surface area contributed by atoms with Gasteiger partial charge < -0.3 is 20.2 Å². The molecule has 100 valence electrons. The molecule has 1 heterocycles. The second kappa shape index (κ2) is 6.06. The van der Waals surface area contributed by atoms with Crippen molar-refractivity contribution in [3.05, 3.63) is 47.9 Å². The standard InChI is InChI=1S/C14H16N2O3/c1-10-4-5-13(12(15)7-10)16-14(17)9-18-8-11-3-2-6-19-11/h2-7H,8-9,15H2,1H3,(H,16,17). The van der Waals surface area contributed by atoms with Crippen LogP contribution in [0.15, 0.2) is 41.0 Å². The first-order valence-electron chi connectivity index (χ1n) is 5.91. The molecule has 1 aromatic heterocycles. The van der Waals surface area contributed by atoms with E-state index in [1.54, 1.807) is 30.5 Å². The number of anilines is 2. The topological polar surface area (TPSA) is 77.5 Å². The van der Waals surface area contributed by atoms with Crippen molar-refractivity contribution in [2.24, 2.45) is 0 Å². The molecule has 0 aliphatic rings. The van der Waals surface area contributed by atoms with Gasteiger partial charge >= 0.3 is 0 Å². The molecule has 0 spiro atoms. The second-order valence-corrected chi connectivity index (χ2v) is 4.21. The van der Waals surface area contributed by atoms with E-state index in [1.165, 1.54) is 0 Å². The van der Waals surface area contributed by atoms with Gasteiger partial charge in [-0.2, -0.15) is 0 Å². The van der Waals surface area contributed by atoms with E-state index >= 15 is 0 Å². The molecular weight excluding hydrogens is 244 g/mol. The number of hydrogen-bond donors (Lipinski definition) is 2. The van der Waals surface area contributed by atoms with Crippen LogP contribution in [0.3, 0.4) is 0 Å². The van der Waals surface area contributed by atoms with E-state index in [9.17, 15) is 4.79 Å². The summed E-state index contributed by atoms with van der Waals surface area (Å²) in [6, 6.07) is 9.02. The largest absolute Gasteiger partial charge is 0.467 e. The molecule has 2 rings (SSSR count). The fourth-order valence-corrected chi connectivity index (χ4v) is 1.62. The van der Waals surface area contributed by atoms with E-state index in [2.05, 4.69) is 5.32 Å². The summed E-state index contributed by atoms with van der Waals surface area (Å²) in [6.45, 7) is 2.16. The third-order valence-corrected chi connectivity index (χ3v) is 2.54. The average molecular weight is 260 g/mol. The van der Waals surface area contributed by atoms with E-state index in [0.717, 1.165) is 5.56 Å². The summed E-state index contributed by atoms with van der Waals surface area (Å²) in [6.07, 6.45) is 1.56. The lowest BCUT2D eigenvalue weighted by Crippen LogP contribution is -2.19. The van der Waals surface area contributed by atoms with Gasteiger partial charge in [-0.3, -0.25) is 4.79 Å². The maximum Gasteiger partial charge on any atom is 0.250 e. The van der Waals surface area contributed by atoms with Gasteiger partial charge in [-0.25, -0.2) is 0 Å². The van der Waals surface area contributed by atoms with Gasteiger partial charge in [-0.1, -0.05) is 6.07 Å². The number of nitrogens with one attached hydrogen (secondary N) is 1. The number of carbonyl (C=O) groups excluding carboxylic acids is 1. The van der Waals surface area contributed by atoms with Crippen LogP contribution in [0.1, 0.15) is 11.3 Å². The summed E-state index contributed by atoms with van der Waals surface area (Å²) in [4.78, 5) is 11.7. The Morgan fingerprint density at radius 1 is 1.42 bits per heavy atom. The van der Waals surface area contributed by atoms with Crippen molar-refractivity contribution in [3.8, 4) is 0 Å². The third-order valence-electron chi connectivity index (χ3n) is 2.54. The Hall–Kier alpha value is -2.27. The van der Waals surface area contributed by atoms with E-state index in [0.29, 0.717) is 17.1 Å². The maximum absolute atomic E-state index is 11.7. The molecule has 0 aliphatic heterocycles. The Morgan fingerprint density at radius 3 is 2.95 bits per heavy atom. The van der Waals surface area contributed by atoms with Crippen molar-refractivity contribution in [2.45, 2.75) is 13.5 Å². The Bertz CT molecular complexity index is 550. The van der Waals surface area contributed by atoms with Gasteiger partial charge in [-0.15, -0.1) is 0 Å². The Labute approximate surface area is 111 Å². The van der Waals surface area contributed by atoms with Gasteiger partial charge in [0.2, 0.25) is 5.91 Å². The monoisotopic (exact) mass is 260 g/mol. The molecule has 5 heteroatoms. The number of ether oxygens (including phenoxy) is 1. The van der Waals surface area contributed by atoms with Crippen LogP contribution in [0, 0.1) is 6.92 Å². The summed E-state index contributed by atoms with van der Waals surface area (Å²) < 4.78 is 10.3. The Balaban J connectivity index is 1.80. The van der Waals surface area contributed by atoms with Crippen molar-refractivity contribution in [1.82, 2.24) is 0 Å². The molecule has 2 aromatic rings. The number of benzene rings is 1. The first-order valence-corrected chi connectivity index (χ1v) is 5.91. The molecule has 0 saturated heterocycles. The van der Waals surface area contributed by atoms with Crippen LogP contribution in [-0.2, 0) is 16.1 Å². The predicted molar refractivity (Wildman–Crippen MR) is 72.6 cm³/mol. The lowest BCUT2D eigenvalue weighted by molar-refractivity contribution is -0.121. The highest BCUT2D eigenvalue weighted by molar-refractivity contribution is 5.94. The third kappa shape index (κ3) is 3.86. The molecule has 0 unspecified atom stereocenters. The molecule has 0 atom stereocenters. The molecule has 0 radical (unpaired) electrons. The van der Waals surface area contributed by atoms with Gasteiger partial charge in [0.1, 0.15) is 19.0 Å². The number of amides is 1. The van der Waals surface area contributed by atoms with E-state index in [4.69, 9.17) is 14.9 Å². The van der Waals surface area contributed by atoms with Gasteiger partial charge in [-0.05, 0) is 36.8 Å². The molecular formula is C14H16N2O3. The van der Waals surface area contributed by atoms with E-state index < -0.39 is 0 Å². The van der Waals surface area contributed by atoms with E-state index in [-0.39, 0.29) is 19.1 Å². The van der Waals surface area contributed by atoms with Gasteiger partial charge in [0.15, 0.2) is 0 Å². The normalized spacial score (nSPS) is 10.4. The predicted octanol–water partition coefficient (Wildman–Crippen LogP) is 2.33. The molecule has 0 saturated carbocycles. The van der Waals surface area contributed by atoms with Crippen LogP contribution in [0.5, 0.6) is 0 Å². The lowest BCUT2D eigenvalue weighted by atomic mass is 10.2. The zero-order chi connectivity index (χ0) is 13.7. The Morgan fingerprint density at radius 2 is 2.26 bits per heavy atom. The quantitative estimate of drug-likeness (QED) is 0.809. The highest BCUT2D eigenvalue weighted by Crippen LogP contribution is 2.19. The van der Waals surface area contributed by atoms with Crippen LogP contribution in [0.25, 0.3) is 0 Å². The highest BCUT2D eigenvalue weighted by Gasteiger charge is 2.06. The van der Waals surface area contributed by atoms with Crippen LogP contribution < -0.4 is 11.1 Å². The fourth-order valence-electron chi connectivity index (χ4n) is 1.62. The minimum absolute atomic E-state index is 0.0476.